The van der Waals surface area contributed by atoms with Crippen LogP contribution in [0.5, 0.6) is 0 Å². The normalized spacial score (nSPS) is 29.6. The molecule has 3 unspecified atom stereocenters. The summed E-state index contributed by atoms with van der Waals surface area (Å²) in [6.07, 6.45) is -3.42. The Hall–Kier alpha value is -1.02. The van der Waals surface area contributed by atoms with Crippen LogP contribution in [0.2, 0.25) is 0 Å². The van der Waals surface area contributed by atoms with Crippen LogP contribution in [0.1, 0.15) is 34.1 Å². The molecule has 2 saturated heterocycles. The second-order valence-electron chi connectivity index (χ2n) is 7.58. The molecule has 0 aromatic rings. The quantitative estimate of drug-likeness (QED) is 0.578. The second-order valence-corrected chi connectivity index (χ2v) is 7.58. The molecule has 0 amide bonds. The van der Waals surface area contributed by atoms with Crippen molar-refractivity contribution in [1.29, 1.82) is 0 Å². The van der Waals surface area contributed by atoms with E-state index in [2.05, 4.69) is 41.3 Å². The Bertz CT molecular complexity index is 452. The number of likely N-dealkylation sites (tertiary alicyclic amines) is 2. The van der Waals surface area contributed by atoms with Gasteiger partial charge in [-0.25, -0.2) is 0 Å². The molecule has 0 saturated carbocycles. The van der Waals surface area contributed by atoms with Crippen molar-refractivity contribution in [3.05, 3.63) is 0 Å². The van der Waals surface area contributed by atoms with Gasteiger partial charge in [0.1, 0.15) is 0 Å². The Labute approximate surface area is 149 Å². The minimum Gasteiger partial charge on any atom is -0.352 e. The van der Waals surface area contributed by atoms with Gasteiger partial charge in [-0.15, -0.1) is 0 Å². The van der Waals surface area contributed by atoms with E-state index in [0.717, 1.165) is 19.0 Å². The van der Waals surface area contributed by atoms with Gasteiger partial charge >= 0.3 is 6.18 Å². The highest BCUT2D eigenvalue weighted by atomic mass is 19.4. The van der Waals surface area contributed by atoms with Crippen LogP contribution >= 0.6 is 0 Å². The van der Waals surface area contributed by atoms with Crippen molar-refractivity contribution >= 4 is 5.96 Å². The average molecular weight is 363 g/mol. The maximum atomic E-state index is 12.5. The zero-order valence-corrected chi connectivity index (χ0v) is 15.7. The van der Waals surface area contributed by atoms with E-state index in [9.17, 15) is 13.2 Å². The summed E-state index contributed by atoms with van der Waals surface area (Å²) < 4.78 is 37.6. The molecule has 3 atom stereocenters. The summed E-state index contributed by atoms with van der Waals surface area (Å²) in [4.78, 5) is 8.39. The lowest BCUT2D eigenvalue weighted by molar-refractivity contribution is -0.143. The van der Waals surface area contributed by atoms with Crippen LogP contribution in [0.4, 0.5) is 13.2 Å². The number of hydrogen-bond donors (Lipinski definition) is 2. The fourth-order valence-electron chi connectivity index (χ4n) is 3.62. The number of aliphatic imine (C=N–C) groups is 1. The zero-order valence-electron chi connectivity index (χ0n) is 15.7. The van der Waals surface area contributed by atoms with Crippen molar-refractivity contribution in [3.63, 3.8) is 0 Å². The van der Waals surface area contributed by atoms with Crippen molar-refractivity contribution in [2.45, 2.75) is 58.4 Å². The maximum absolute atomic E-state index is 12.5. The molecule has 2 rings (SSSR count). The molecule has 5 nitrogen and oxygen atoms in total. The van der Waals surface area contributed by atoms with Gasteiger partial charge in [0.25, 0.3) is 0 Å². The molecule has 146 valence electrons. The number of rotatable bonds is 5. The fourth-order valence-corrected chi connectivity index (χ4v) is 3.62. The van der Waals surface area contributed by atoms with Crippen LogP contribution in [0, 0.1) is 5.92 Å². The number of nitrogens with one attached hydrogen (secondary N) is 2. The van der Waals surface area contributed by atoms with Crippen LogP contribution < -0.4 is 10.6 Å². The molecule has 8 heteroatoms. The molecular formula is C17H32F3N5. The van der Waals surface area contributed by atoms with Gasteiger partial charge in [0.05, 0.1) is 6.54 Å². The minimum absolute atomic E-state index is 0.0121. The number of hydrogen-bond acceptors (Lipinski definition) is 3. The van der Waals surface area contributed by atoms with E-state index in [1.165, 1.54) is 4.90 Å². The average Bonchev–Trinajstić information content (AvgIpc) is 3.05. The highest BCUT2D eigenvalue weighted by Gasteiger charge is 2.35. The molecule has 2 heterocycles. The number of alkyl halides is 3. The predicted octanol–water partition coefficient (Wildman–Crippen LogP) is 1.91. The Kier molecular flexibility index (Phi) is 6.96. The summed E-state index contributed by atoms with van der Waals surface area (Å²) in [6, 6.07) is 0.838. The lowest BCUT2D eigenvalue weighted by atomic mass is 10.1. The highest BCUT2D eigenvalue weighted by molar-refractivity contribution is 5.80. The van der Waals surface area contributed by atoms with Gasteiger partial charge in [-0.2, -0.15) is 13.2 Å². The maximum Gasteiger partial charge on any atom is 0.401 e. The second kappa shape index (κ2) is 8.58. The van der Waals surface area contributed by atoms with E-state index in [-0.39, 0.29) is 6.04 Å². The molecule has 25 heavy (non-hydrogen) atoms. The lowest BCUT2D eigenvalue weighted by Crippen LogP contribution is -2.50. The molecule has 0 aromatic heterocycles. The van der Waals surface area contributed by atoms with Gasteiger partial charge in [-0.3, -0.25) is 14.8 Å². The third-order valence-corrected chi connectivity index (χ3v) is 5.03. The van der Waals surface area contributed by atoms with E-state index < -0.39 is 12.7 Å². The van der Waals surface area contributed by atoms with Crippen molar-refractivity contribution in [3.8, 4) is 0 Å². The van der Waals surface area contributed by atoms with Gasteiger partial charge in [0.15, 0.2) is 5.96 Å². The number of guanidine groups is 1. The summed E-state index contributed by atoms with van der Waals surface area (Å²) in [5.41, 5.74) is 0. The van der Waals surface area contributed by atoms with E-state index in [0.29, 0.717) is 44.1 Å². The SMILES string of the molecule is CCN=C(NC1CCN(CC(F)(F)F)C1)NC1CN(C(C)C)CC1C. The first-order valence-corrected chi connectivity index (χ1v) is 9.28. The molecule has 2 aliphatic heterocycles. The van der Waals surface area contributed by atoms with E-state index in [1.807, 2.05) is 6.92 Å². The van der Waals surface area contributed by atoms with Gasteiger partial charge < -0.3 is 10.6 Å². The molecule has 2 fully saturated rings. The number of nitrogens with zero attached hydrogens (tertiary/aromatic N) is 3. The largest absolute Gasteiger partial charge is 0.401 e. The lowest BCUT2D eigenvalue weighted by Gasteiger charge is -2.24. The summed E-state index contributed by atoms with van der Waals surface area (Å²) in [5.74, 6) is 1.24. The Morgan fingerprint density at radius 2 is 1.92 bits per heavy atom. The molecule has 0 aliphatic carbocycles. The molecule has 2 aliphatic rings. The van der Waals surface area contributed by atoms with Crippen molar-refractivity contribution in [1.82, 2.24) is 20.4 Å². The molecule has 2 N–H and O–H groups in total. The fraction of sp³-hybridized carbons (Fsp3) is 0.941. The molecule has 0 radical (unpaired) electrons. The third-order valence-electron chi connectivity index (χ3n) is 5.03. The van der Waals surface area contributed by atoms with Crippen LogP contribution in [0.25, 0.3) is 0 Å². The molecule has 0 aromatic carbocycles. The topological polar surface area (TPSA) is 42.9 Å². The monoisotopic (exact) mass is 363 g/mol. The van der Waals surface area contributed by atoms with Gasteiger partial charge in [0.2, 0.25) is 0 Å². The highest BCUT2D eigenvalue weighted by Crippen LogP contribution is 2.21. The molecular weight excluding hydrogens is 331 g/mol. The van der Waals surface area contributed by atoms with Crippen molar-refractivity contribution < 1.29 is 13.2 Å². The Morgan fingerprint density at radius 3 is 2.48 bits per heavy atom. The van der Waals surface area contributed by atoms with E-state index >= 15 is 0 Å². The third kappa shape index (κ3) is 6.33. The van der Waals surface area contributed by atoms with Gasteiger partial charge in [-0.05, 0) is 33.1 Å². The van der Waals surface area contributed by atoms with Gasteiger partial charge in [-0.1, -0.05) is 6.92 Å². The molecule has 0 bridgehead atoms. The van der Waals surface area contributed by atoms with Crippen LogP contribution in [0.3, 0.4) is 0 Å². The smallest absolute Gasteiger partial charge is 0.352 e. The first-order chi connectivity index (χ1) is 11.7. The van der Waals surface area contributed by atoms with Crippen molar-refractivity contribution in [2.24, 2.45) is 10.9 Å². The van der Waals surface area contributed by atoms with E-state index in [4.69, 9.17) is 0 Å². The van der Waals surface area contributed by atoms with Crippen LogP contribution in [-0.2, 0) is 0 Å². The summed E-state index contributed by atoms with van der Waals surface area (Å²) >= 11 is 0. The number of halogens is 3. The standard InChI is InChI=1S/C17H32F3N5/c1-5-21-16(23-15-10-25(12(2)3)8-13(15)4)22-14-6-7-24(9-14)11-17(18,19)20/h12-15H,5-11H2,1-4H3,(H2,21,22,23). The first kappa shape index (κ1) is 20.3. The minimum atomic E-state index is -4.13. The van der Waals surface area contributed by atoms with E-state index in [1.54, 1.807) is 0 Å². The Balaban J connectivity index is 1.87. The first-order valence-electron chi connectivity index (χ1n) is 9.28. The van der Waals surface area contributed by atoms with Crippen LogP contribution in [0.15, 0.2) is 4.99 Å². The zero-order chi connectivity index (χ0) is 18.6. The van der Waals surface area contributed by atoms with Crippen LogP contribution in [-0.4, -0.2) is 79.3 Å². The molecule has 0 spiro atoms. The Morgan fingerprint density at radius 1 is 1.20 bits per heavy atom. The summed E-state index contributed by atoms with van der Waals surface area (Å²) in [5, 5.41) is 6.83. The van der Waals surface area contributed by atoms with Gasteiger partial charge in [0, 0.05) is 50.8 Å². The van der Waals surface area contributed by atoms with Crippen molar-refractivity contribution in [2.75, 3.05) is 39.3 Å². The summed E-state index contributed by atoms with van der Waals surface area (Å²) in [7, 11) is 0. The predicted molar refractivity (Wildman–Crippen MR) is 94.8 cm³/mol. The summed E-state index contributed by atoms with van der Waals surface area (Å²) in [6.45, 7) is 11.3.